The van der Waals surface area contributed by atoms with Gasteiger partial charge < -0.3 is 5.73 Å². The quantitative estimate of drug-likeness (QED) is 0.472. The lowest BCUT2D eigenvalue weighted by molar-refractivity contribution is -2.00. The van der Waals surface area contributed by atoms with Gasteiger partial charge in [-0.2, -0.15) is 4.57 Å². The molecule has 0 saturated carbocycles. The second-order valence-corrected chi connectivity index (χ2v) is 6.20. The molecular weight excluding hydrogens is 356 g/mol. The number of aromatic nitrogens is 1. The highest BCUT2D eigenvalue weighted by atomic mass is 35.7. The number of para-hydroxylation sites is 1. The van der Waals surface area contributed by atoms with Crippen molar-refractivity contribution in [3.8, 4) is 0 Å². The zero-order valence-corrected chi connectivity index (χ0v) is 14.9. The molecule has 2 N–H and O–H groups in total. The van der Waals surface area contributed by atoms with Gasteiger partial charge in [0.05, 0.1) is 0 Å². The summed E-state index contributed by atoms with van der Waals surface area (Å²) in [5.41, 5.74) is 10.1. The molecule has 0 fully saturated rings. The third kappa shape index (κ3) is 6.11. The topological polar surface area (TPSA) is 122 Å². The standard InChI is InChI=1S/C19H18N2.ClHO4/c1-2-21-18(13-9-15-7-11-17(20)12-8-15)14-10-16-5-3-4-6-19(16)21;2-1(3,4)5/h3-14,20H,2H2,1H3;(H,2,3,4,5). The molecule has 0 spiro atoms. The maximum absolute atomic E-state index is 8.49. The molecule has 0 aliphatic carbocycles. The first-order valence-electron chi connectivity index (χ1n) is 7.85. The lowest BCUT2D eigenvalue weighted by atomic mass is 10.1. The normalized spacial score (nSPS) is 11.4. The molecule has 0 bridgehead atoms. The van der Waals surface area contributed by atoms with E-state index in [9.17, 15) is 0 Å². The largest absolute Gasteiger partial charge is 0.399 e. The van der Waals surface area contributed by atoms with E-state index in [2.05, 4.69) is 60.0 Å². The molecular formula is C19H19ClN2O4. The summed E-state index contributed by atoms with van der Waals surface area (Å²) in [5, 5.41) is 1.27. The van der Waals surface area contributed by atoms with Crippen LogP contribution in [0.1, 0.15) is 18.2 Å². The summed E-state index contributed by atoms with van der Waals surface area (Å²) in [4.78, 5) is 0. The minimum absolute atomic E-state index is 0.793. The van der Waals surface area contributed by atoms with E-state index in [1.54, 1.807) is 0 Å². The minimum atomic E-state index is -4.94. The summed E-state index contributed by atoms with van der Waals surface area (Å²) in [5.74, 6) is 0. The van der Waals surface area contributed by atoms with Crippen LogP contribution < -0.4 is 28.9 Å². The summed E-state index contributed by atoms with van der Waals surface area (Å²) < 4.78 is 36.3. The van der Waals surface area contributed by atoms with Crippen molar-refractivity contribution in [1.29, 1.82) is 0 Å². The Kier molecular flexibility index (Phi) is 6.68. The Morgan fingerprint density at radius 1 is 0.885 bits per heavy atom. The van der Waals surface area contributed by atoms with Crippen LogP contribution >= 0.6 is 0 Å². The summed E-state index contributed by atoms with van der Waals surface area (Å²) in [7, 11) is -4.94. The predicted molar refractivity (Wildman–Crippen MR) is 89.6 cm³/mol. The highest BCUT2D eigenvalue weighted by Crippen LogP contribution is 2.13. The molecule has 0 aliphatic rings. The molecule has 136 valence electrons. The van der Waals surface area contributed by atoms with E-state index in [0.717, 1.165) is 17.8 Å². The van der Waals surface area contributed by atoms with Crippen molar-refractivity contribution < 1.29 is 33.4 Å². The Labute approximate surface area is 153 Å². The second-order valence-electron chi connectivity index (χ2n) is 5.44. The lowest BCUT2D eigenvalue weighted by Crippen LogP contribution is -2.68. The molecule has 26 heavy (non-hydrogen) atoms. The summed E-state index contributed by atoms with van der Waals surface area (Å²) in [6.45, 7) is 3.12. The van der Waals surface area contributed by atoms with Gasteiger partial charge in [-0.1, -0.05) is 24.3 Å². The molecule has 0 amide bonds. The van der Waals surface area contributed by atoms with Crippen molar-refractivity contribution in [3.63, 3.8) is 0 Å². The Bertz CT molecular complexity index is 884. The maximum atomic E-state index is 8.49. The van der Waals surface area contributed by atoms with Crippen LogP contribution in [-0.2, 0) is 6.54 Å². The number of aryl methyl sites for hydroxylation is 1. The molecule has 0 aliphatic heterocycles. The lowest BCUT2D eigenvalue weighted by Gasteiger charge is -2.17. The van der Waals surface area contributed by atoms with Crippen molar-refractivity contribution in [2.45, 2.75) is 13.5 Å². The first-order valence-corrected chi connectivity index (χ1v) is 9.08. The Hall–Kier alpha value is -2.48. The summed E-state index contributed by atoms with van der Waals surface area (Å²) in [6, 6.07) is 20.7. The number of benzene rings is 2. The SMILES string of the molecule is CC[n+]1c(/C=C/c2ccc(N)cc2)ccc2ccccc21.[O-][Cl+3]([O-])([O-])[O-]. The third-order valence-corrected chi connectivity index (χ3v) is 3.67. The van der Waals surface area contributed by atoms with Crippen LogP contribution in [0.15, 0.2) is 60.7 Å². The smallest absolute Gasteiger partial charge is 0.212 e. The molecule has 0 radical (unpaired) electrons. The van der Waals surface area contributed by atoms with Gasteiger partial charge in [-0.05, 0) is 42.8 Å². The number of hydrogen-bond acceptors (Lipinski definition) is 5. The van der Waals surface area contributed by atoms with Crippen molar-refractivity contribution >= 4 is 28.7 Å². The first-order chi connectivity index (χ1) is 12.3. The summed E-state index contributed by atoms with van der Waals surface area (Å²) in [6.07, 6.45) is 4.27. The Morgan fingerprint density at radius 3 is 2.12 bits per heavy atom. The van der Waals surface area contributed by atoms with Gasteiger partial charge in [0.15, 0.2) is 0 Å². The second kappa shape index (κ2) is 8.75. The molecule has 1 aromatic heterocycles. The number of nitrogens with two attached hydrogens (primary N) is 1. The van der Waals surface area contributed by atoms with Gasteiger partial charge in [0, 0.05) is 29.3 Å². The fraction of sp³-hybridized carbons (Fsp3) is 0.105. The van der Waals surface area contributed by atoms with Crippen LogP contribution in [-0.4, -0.2) is 0 Å². The van der Waals surface area contributed by atoms with Gasteiger partial charge in [-0.15, -0.1) is 10.2 Å². The third-order valence-electron chi connectivity index (χ3n) is 3.67. The van der Waals surface area contributed by atoms with E-state index < -0.39 is 10.2 Å². The van der Waals surface area contributed by atoms with Crippen molar-refractivity contribution in [3.05, 3.63) is 71.9 Å². The van der Waals surface area contributed by atoms with Gasteiger partial charge in [0.2, 0.25) is 11.2 Å². The molecule has 3 aromatic rings. The molecule has 0 unspecified atom stereocenters. The summed E-state index contributed by atoms with van der Waals surface area (Å²) >= 11 is 0. The number of rotatable bonds is 3. The predicted octanol–water partition coefficient (Wildman–Crippen LogP) is -0.856. The Morgan fingerprint density at radius 2 is 1.50 bits per heavy atom. The highest BCUT2D eigenvalue weighted by molar-refractivity contribution is 5.77. The number of hydrogen-bond donors (Lipinski definition) is 1. The van der Waals surface area contributed by atoms with E-state index in [1.165, 1.54) is 16.6 Å². The number of pyridine rings is 1. The molecule has 6 nitrogen and oxygen atoms in total. The average Bonchev–Trinajstić information content (AvgIpc) is 2.59. The molecule has 3 rings (SSSR count). The van der Waals surface area contributed by atoms with Gasteiger partial charge in [0.1, 0.15) is 6.54 Å². The van der Waals surface area contributed by atoms with E-state index in [0.29, 0.717) is 0 Å². The fourth-order valence-electron chi connectivity index (χ4n) is 2.57. The van der Waals surface area contributed by atoms with Crippen molar-refractivity contribution in [2.75, 3.05) is 5.73 Å². The molecule has 2 aromatic carbocycles. The molecule has 0 saturated heterocycles. The van der Waals surface area contributed by atoms with Crippen LogP contribution in [0.4, 0.5) is 5.69 Å². The van der Waals surface area contributed by atoms with E-state index in [-0.39, 0.29) is 0 Å². The van der Waals surface area contributed by atoms with Gasteiger partial charge in [-0.25, -0.2) is 18.6 Å². The van der Waals surface area contributed by atoms with Crippen molar-refractivity contribution in [1.82, 2.24) is 0 Å². The fourth-order valence-corrected chi connectivity index (χ4v) is 2.57. The zero-order valence-electron chi connectivity index (χ0n) is 14.2. The van der Waals surface area contributed by atoms with Gasteiger partial charge in [-0.3, -0.25) is 0 Å². The van der Waals surface area contributed by atoms with Crippen molar-refractivity contribution in [2.24, 2.45) is 0 Å². The minimum Gasteiger partial charge on any atom is -0.399 e. The van der Waals surface area contributed by atoms with Gasteiger partial charge >= 0.3 is 0 Å². The number of fused-ring (bicyclic) bond motifs is 1. The average molecular weight is 375 g/mol. The van der Waals surface area contributed by atoms with E-state index >= 15 is 0 Å². The highest BCUT2D eigenvalue weighted by Gasteiger charge is 2.10. The molecule has 7 heteroatoms. The molecule has 1 heterocycles. The first kappa shape index (κ1) is 19.8. The molecule has 0 atom stereocenters. The van der Waals surface area contributed by atoms with Crippen LogP contribution in [0.3, 0.4) is 0 Å². The van der Waals surface area contributed by atoms with E-state index in [4.69, 9.17) is 24.4 Å². The van der Waals surface area contributed by atoms with Crippen LogP contribution in [0, 0.1) is 10.2 Å². The Balaban J connectivity index is 0.000000431. The zero-order chi connectivity index (χ0) is 19.2. The number of anilines is 1. The van der Waals surface area contributed by atoms with Crippen LogP contribution in [0.5, 0.6) is 0 Å². The number of nitrogen functional groups attached to an aromatic ring is 1. The number of halogens is 1. The number of nitrogens with zero attached hydrogens (tertiary/aromatic N) is 1. The monoisotopic (exact) mass is 374 g/mol. The van der Waals surface area contributed by atoms with Crippen LogP contribution in [0.2, 0.25) is 0 Å². The van der Waals surface area contributed by atoms with E-state index in [1.807, 2.05) is 24.3 Å². The van der Waals surface area contributed by atoms with Gasteiger partial charge in [0.25, 0.3) is 0 Å². The van der Waals surface area contributed by atoms with Crippen LogP contribution in [0.25, 0.3) is 23.1 Å². The maximum Gasteiger partial charge on any atom is 0.212 e.